The van der Waals surface area contributed by atoms with Gasteiger partial charge in [0.1, 0.15) is 0 Å². The number of carbonyl (C=O) groups excluding carboxylic acids is 3. The van der Waals surface area contributed by atoms with Gasteiger partial charge in [-0.15, -0.1) is 0 Å². The number of rotatable bonds is 8. The second-order valence-electron chi connectivity index (χ2n) is 7.39. The highest BCUT2D eigenvalue weighted by Gasteiger charge is 2.16. The summed E-state index contributed by atoms with van der Waals surface area (Å²) in [5.41, 5.74) is 2.69. The zero-order valence-corrected chi connectivity index (χ0v) is 18.2. The van der Waals surface area contributed by atoms with Crippen LogP contribution in [0.25, 0.3) is 0 Å². The topological polar surface area (TPSA) is 84.5 Å². The molecule has 0 bridgehead atoms. The van der Waals surface area contributed by atoms with Crippen LogP contribution in [0.3, 0.4) is 0 Å². The zero-order valence-electron chi connectivity index (χ0n) is 16.6. The van der Waals surface area contributed by atoms with Gasteiger partial charge in [-0.05, 0) is 56.4 Å². The van der Waals surface area contributed by atoms with Gasteiger partial charge in [0, 0.05) is 29.0 Å². The zero-order chi connectivity index (χ0) is 20.5. The van der Waals surface area contributed by atoms with Crippen LogP contribution in [-0.2, 0) is 19.1 Å². The molecule has 0 spiro atoms. The standard InChI is InChI=1S/C21H29BrN2O4/c1-14-11-17(12-15(2)21(14)22)24-19(26)13-28-20(27)10-6-9-18(25)23-16-7-4-3-5-8-16/h11-12,16H,3-10,13H2,1-2H3,(H,23,25)(H,24,26). The number of carbonyl (C=O) groups is 3. The number of nitrogens with one attached hydrogen (secondary N) is 2. The summed E-state index contributed by atoms with van der Waals surface area (Å²) in [6.07, 6.45) is 6.51. The maximum atomic E-state index is 12.0. The number of ether oxygens (including phenoxy) is 1. The molecule has 2 N–H and O–H groups in total. The monoisotopic (exact) mass is 452 g/mol. The van der Waals surface area contributed by atoms with Crippen LogP contribution in [0.4, 0.5) is 5.69 Å². The SMILES string of the molecule is Cc1cc(NC(=O)COC(=O)CCCC(=O)NC2CCCCC2)cc(C)c1Br. The number of aryl methyl sites for hydroxylation is 2. The van der Waals surface area contributed by atoms with E-state index in [-0.39, 0.29) is 30.9 Å². The summed E-state index contributed by atoms with van der Waals surface area (Å²) >= 11 is 3.48. The first kappa shape index (κ1) is 22.4. The van der Waals surface area contributed by atoms with Crippen molar-refractivity contribution in [3.05, 3.63) is 27.7 Å². The molecule has 1 aromatic carbocycles. The Balaban J connectivity index is 1.62. The van der Waals surface area contributed by atoms with E-state index in [9.17, 15) is 14.4 Å². The number of esters is 1. The third kappa shape index (κ3) is 7.62. The van der Waals surface area contributed by atoms with Gasteiger partial charge in [0.25, 0.3) is 5.91 Å². The van der Waals surface area contributed by atoms with Gasteiger partial charge < -0.3 is 15.4 Å². The largest absolute Gasteiger partial charge is 0.456 e. The van der Waals surface area contributed by atoms with Crippen LogP contribution in [0.2, 0.25) is 0 Å². The lowest BCUT2D eigenvalue weighted by Gasteiger charge is -2.22. The molecule has 0 unspecified atom stereocenters. The average Bonchev–Trinajstić information content (AvgIpc) is 2.65. The molecular weight excluding hydrogens is 424 g/mol. The maximum Gasteiger partial charge on any atom is 0.306 e. The molecule has 2 rings (SSSR count). The molecule has 154 valence electrons. The Hall–Kier alpha value is -1.89. The minimum absolute atomic E-state index is 0.0154. The van der Waals surface area contributed by atoms with E-state index in [0.29, 0.717) is 18.5 Å². The smallest absolute Gasteiger partial charge is 0.306 e. The Morgan fingerprint density at radius 1 is 1.04 bits per heavy atom. The maximum absolute atomic E-state index is 12.0. The molecule has 0 saturated heterocycles. The van der Waals surface area contributed by atoms with Crippen molar-refractivity contribution in [2.24, 2.45) is 0 Å². The molecule has 0 atom stereocenters. The summed E-state index contributed by atoms with van der Waals surface area (Å²) in [5.74, 6) is -0.869. The summed E-state index contributed by atoms with van der Waals surface area (Å²) in [6, 6.07) is 3.98. The van der Waals surface area contributed by atoms with Crippen molar-refractivity contribution in [2.75, 3.05) is 11.9 Å². The van der Waals surface area contributed by atoms with Crippen LogP contribution in [0.5, 0.6) is 0 Å². The predicted octanol–water partition coefficient (Wildman–Crippen LogP) is 4.17. The van der Waals surface area contributed by atoms with Gasteiger partial charge >= 0.3 is 5.97 Å². The van der Waals surface area contributed by atoms with Gasteiger partial charge in [-0.2, -0.15) is 0 Å². The van der Waals surface area contributed by atoms with E-state index in [4.69, 9.17) is 4.74 Å². The van der Waals surface area contributed by atoms with Crippen LogP contribution < -0.4 is 10.6 Å². The summed E-state index contributed by atoms with van der Waals surface area (Å²) in [5, 5.41) is 5.75. The molecular formula is C21H29BrN2O4. The van der Waals surface area contributed by atoms with Gasteiger partial charge in [-0.25, -0.2) is 0 Å². The van der Waals surface area contributed by atoms with Gasteiger partial charge in [-0.1, -0.05) is 35.2 Å². The molecule has 1 aliphatic rings. The summed E-state index contributed by atoms with van der Waals surface area (Å²) in [4.78, 5) is 35.7. The second-order valence-corrected chi connectivity index (χ2v) is 8.18. The number of amides is 2. The van der Waals surface area contributed by atoms with Gasteiger partial charge in [-0.3, -0.25) is 14.4 Å². The van der Waals surface area contributed by atoms with E-state index in [1.165, 1.54) is 19.3 Å². The summed E-state index contributed by atoms with van der Waals surface area (Å²) < 4.78 is 6.00. The Bertz CT molecular complexity index is 691. The van der Waals surface area contributed by atoms with E-state index in [0.717, 1.165) is 28.4 Å². The van der Waals surface area contributed by atoms with E-state index in [1.54, 1.807) is 0 Å². The van der Waals surface area contributed by atoms with Crippen molar-refractivity contribution in [3.8, 4) is 0 Å². The summed E-state index contributed by atoms with van der Waals surface area (Å²) in [6.45, 7) is 3.55. The van der Waals surface area contributed by atoms with E-state index in [1.807, 2.05) is 26.0 Å². The van der Waals surface area contributed by atoms with Crippen molar-refractivity contribution in [1.82, 2.24) is 5.32 Å². The number of hydrogen-bond acceptors (Lipinski definition) is 4. The number of anilines is 1. The number of hydrogen-bond donors (Lipinski definition) is 2. The molecule has 1 aliphatic carbocycles. The lowest BCUT2D eigenvalue weighted by Crippen LogP contribution is -2.36. The third-order valence-electron chi connectivity index (χ3n) is 4.84. The Kier molecular flexibility index (Phi) is 8.96. The molecule has 2 amide bonds. The van der Waals surface area contributed by atoms with Crippen molar-refractivity contribution >= 4 is 39.4 Å². The van der Waals surface area contributed by atoms with E-state index < -0.39 is 5.97 Å². The predicted molar refractivity (Wildman–Crippen MR) is 112 cm³/mol. The van der Waals surface area contributed by atoms with Crippen molar-refractivity contribution in [3.63, 3.8) is 0 Å². The molecule has 1 aromatic rings. The minimum Gasteiger partial charge on any atom is -0.456 e. The molecule has 6 nitrogen and oxygen atoms in total. The van der Waals surface area contributed by atoms with Crippen LogP contribution in [0.15, 0.2) is 16.6 Å². The second kappa shape index (κ2) is 11.2. The van der Waals surface area contributed by atoms with Crippen LogP contribution in [0, 0.1) is 13.8 Å². The molecule has 0 heterocycles. The van der Waals surface area contributed by atoms with Gasteiger partial charge in [0.05, 0.1) is 0 Å². The fourth-order valence-corrected chi connectivity index (χ4v) is 3.60. The lowest BCUT2D eigenvalue weighted by molar-refractivity contribution is -0.147. The molecule has 1 saturated carbocycles. The molecule has 28 heavy (non-hydrogen) atoms. The number of benzene rings is 1. The van der Waals surface area contributed by atoms with Gasteiger partial charge in [0.15, 0.2) is 6.61 Å². The van der Waals surface area contributed by atoms with Crippen LogP contribution in [-0.4, -0.2) is 30.4 Å². The first-order valence-electron chi connectivity index (χ1n) is 9.86. The highest BCUT2D eigenvalue weighted by molar-refractivity contribution is 9.10. The first-order valence-corrected chi connectivity index (χ1v) is 10.7. The molecule has 1 fully saturated rings. The Morgan fingerprint density at radius 3 is 2.32 bits per heavy atom. The van der Waals surface area contributed by atoms with Crippen molar-refractivity contribution in [1.29, 1.82) is 0 Å². The quantitative estimate of drug-likeness (QED) is 0.579. The minimum atomic E-state index is -0.469. The Labute approximate surface area is 174 Å². The van der Waals surface area contributed by atoms with E-state index in [2.05, 4.69) is 26.6 Å². The number of halogens is 1. The average molecular weight is 453 g/mol. The molecule has 7 heteroatoms. The van der Waals surface area contributed by atoms with Crippen LogP contribution >= 0.6 is 15.9 Å². The van der Waals surface area contributed by atoms with Crippen molar-refractivity contribution < 1.29 is 19.1 Å². The highest BCUT2D eigenvalue weighted by atomic mass is 79.9. The molecule has 0 radical (unpaired) electrons. The van der Waals surface area contributed by atoms with E-state index >= 15 is 0 Å². The van der Waals surface area contributed by atoms with Crippen LogP contribution in [0.1, 0.15) is 62.5 Å². The molecule has 0 aliphatic heterocycles. The highest BCUT2D eigenvalue weighted by Crippen LogP contribution is 2.25. The Morgan fingerprint density at radius 2 is 1.68 bits per heavy atom. The normalized spacial score (nSPS) is 14.4. The summed E-state index contributed by atoms with van der Waals surface area (Å²) in [7, 11) is 0. The fourth-order valence-electron chi connectivity index (χ4n) is 3.37. The molecule has 0 aromatic heterocycles. The fraction of sp³-hybridized carbons (Fsp3) is 0.571. The first-order chi connectivity index (χ1) is 13.3. The lowest BCUT2D eigenvalue weighted by atomic mass is 9.95. The van der Waals surface area contributed by atoms with Crippen molar-refractivity contribution in [2.45, 2.75) is 71.3 Å². The van der Waals surface area contributed by atoms with Gasteiger partial charge in [0.2, 0.25) is 5.91 Å². The third-order valence-corrected chi connectivity index (χ3v) is 6.09.